The summed E-state index contributed by atoms with van der Waals surface area (Å²) in [4.78, 5) is 104. The molecule has 0 saturated heterocycles. The van der Waals surface area contributed by atoms with Crippen LogP contribution >= 0.6 is 0 Å². The van der Waals surface area contributed by atoms with Gasteiger partial charge in [-0.1, -0.05) is 20.8 Å². The molecule has 13 heteroatoms. The Hall–Kier alpha value is -6.08. The molecule has 4 aliphatic heterocycles. The first kappa shape index (κ1) is 41.3. The molecule has 320 valence electrons. The third-order valence-electron chi connectivity index (χ3n) is 14.1. The number of benzene rings is 4. The Morgan fingerprint density at radius 3 is 0.855 bits per heavy atom. The zero-order valence-electron chi connectivity index (χ0n) is 35.1. The Morgan fingerprint density at radius 2 is 0.597 bits per heavy atom. The van der Waals surface area contributed by atoms with Crippen LogP contribution in [0.15, 0.2) is 48.5 Å². The Labute approximate surface area is 358 Å². The van der Waals surface area contributed by atoms with E-state index in [0.29, 0.717) is 50.9 Å². The summed E-state index contributed by atoms with van der Waals surface area (Å²) in [5, 5.41) is 1.49. The van der Waals surface area contributed by atoms with E-state index in [1.807, 2.05) is 0 Å². The van der Waals surface area contributed by atoms with Gasteiger partial charge in [-0.3, -0.25) is 29.0 Å². The van der Waals surface area contributed by atoms with E-state index in [1.54, 1.807) is 24.3 Å². The first-order valence-electron chi connectivity index (χ1n) is 22.0. The van der Waals surface area contributed by atoms with Crippen LogP contribution in [-0.2, 0) is 9.47 Å². The standard InChI is InChI=1S/C28H30N2O4.C14H4O6.C7H15N/c1-15-3-7-17(8-4-15)29-25(31)19-11-13-21-24-22(14-12-20(23(19)24)26(29)32)28(34)30(27(21)33)18-9-5-16(2)6-10-18;15-11-5-1-2-6-10-8(14(18)20-12(6)16)4-3-7(9(5)10)13(17)19-11;1-6-2-4-7(8)5-3-6/h11-18H,3-10H2,1-2H3;1-4H;6-7H,2-5,8H2,1H3. The minimum absolute atomic E-state index is 0.0980. The van der Waals surface area contributed by atoms with Crippen molar-refractivity contribution in [2.75, 3.05) is 0 Å². The number of imide groups is 2. The van der Waals surface area contributed by atoms with Crippen LogP contribution in [0.5, 0.6) is 0 Å². The molecular formula is C49H49N3O10. The molecule has 2 N–H and O–H groups in total. The molecule has 0 bridgehead atoms. The van der Waals surface area contributed by atoms with Crippen LogP contribution in [0.1, 0.15) is 181 Å². The molecule has 4 aromatic carbocycles. The summed E-state index contributed by atoms with van der Waals surface area (Å²) < 4.78 is 9.22. The number of hydrogen-bond acceptors (Lipinski definition) is 11. The highest BCUT2D eigenvalue weighted by Gasteiger charge is 2.44. The van der Waals surface area contributed by atoms with E-state index in [4.69, 9.17) is 5.73 Å². The average molecular weight is 840 g/mol. The van der Waals surface area contributed by atoms with Crippen molar-refractivity contribution >= 4 is 69.1 Å². The van der Waals surface area contributed by atoms with E-state index >= 15 is 0 Å². The number of cyclic esters (lactones) is 4. The lowest BCUT2D eigenvalue weighted by atomic mass is 9.81. The zero-order chi connectivity index (χ0) is 43.7. The molecule has 4 aromatic rings. The summed E-state index contributed by atoms with van der Waals surface area (Å²) in [5.41, 5.74) is 8.02. The van der Waals surface area contributed by atoms with Gasteiger partial charge in [-0.15, -0.1) is 0 Å². The Morgan fingerprint density at radius 1 is 0.371 bits per heavy atom. The van der Waals surface area contributed by atoms with Crippen LogP contribution < -0.4 is 5.73 Å². The number of amides is 4. The fourth-order valence-corrected chi connectivity index (χ4v) is 10.4. The molecule has 3 aliphatic carbocycles. The normalized spacial score (nSPS) is 26.4. The predicted octanol–water partition coefficient (Wildman–Crippen LogP) is 8.17. The van der Waals surface area contributed by atoms with Gasteiger partial charge in [-0.05, 0) is 143 Å². The number of carbonyl (C=O) groups excluding carboxylic acids is 8. The number of hydrogen-bond donors (Lipinski definition) is 1. The molecule has 0 radical (unpaired) electrons. The van der Waals surface area contributed by atoms with E-state index in [1.165, 1.54) is 59.7 Å². The van der Waals surface area contributed by atoms with Crippen molar-refractivity contribution in [3.05, 3.63) is 93.0 Å². The van der Waals surface area contributed by atoms with E-state index in [0.717, 1.165) is 57.3 Å². The summed E-state index contributed by atoms with van der Waals surface area (Å²) in [7, 11) is 0. The van der Waals surface area contributed by atoms with Crippen LogP contribution in [0.2, 0.25) is 0 Å². The second kappa shape index (κ2) is 16.0. The van der Waals surface area contributed by atoms with Gasteiger partial charge in [0.25, 0.3) is 23.6 Å². The summed E-state index contributed by atoms with van der Waals surface area (Å²) >= 11 is 0. The number of ether oxygens (including phenoxy) is 2. The van der Waals surface area contributed by atoms with Gasteiger partial charge in [0, 0.05) is 61.9 Å². The van der Waals surface area contributed by atoms with Crippen LogP contribution in [0, 0.1) is 17.8 Å². The predicted molar refractivity (Wildman–Crippen MR) is 227 cm³/mol. The number of carbonyl (C=O) groups is 8. The summed E-state index contributed by atoms with van der Waals surface area (Å²) in [6, 6.07) is 12.6. The van der Waals surface area contributed by atoms with E-state index in [9.17, 15) is 38.4 Å². The molecule has 3 fully saturated rings. The van der Waals surface area contributed by atoms with Crippen LogP contribution in [0.25, 0.3) is 21.5 Å². The highest BCUT2D eigenvalue weighted by Crippen LogP contribution is 2.42. The maximum Gasteiger partial charge on any atom is 0.346 e. The maximum absolute atomic E-state index is 13.6. The molecule has 0 aromatic heterocycles. The van der Waals surface area contributed by atoms with Gasteiger partial charge in [-0.2, -0.15) is 0 Å². The third-order valence-corrected chi connectivity index (χ3v) is 14.1. The van der Waals surface area contributed by atoms with Crippen molar-refractivity contribution in [2.24, 2.45) is 23.5 Å². The zero-order valence-corrected chi connectivity index (χ0v) is 35.1. The molecule has 0 unspecified atom stereocenters. The number of esters is 4. The van der Waals surface area contributed by atoms with Gasteiger partial charge in [-0.25, -0.2) is 19.2 Å². The van der Waals surface area contributed by atoms with Gasteiger partial charge >= 0.3 is 23.9 Å². The Bertz CT molecular complexity index is 2330. The Kier molecular flexibility index (Phi) is 10.6. The van der Waals surface area contributed by atoms with Crippen LogP contribution in [0.3, 0.4) is 0 Å². The highest BCUT2D eigenvalue weighted by atomic mass is 16.6. The molecule has 3 saturated carbocycles. The highest BCUT2D eigenvalue weighted by molar-refractivity contribution is 6.33. The molecule has 13 nitrogen and oxygen atoms in total. The number of nitrogens with zero attached hydrogens (tertiary/aromatic N) is 2. The van der Waals surface area contributed by atoms with Crippen molar-refractivity contribution in [3.8, 4) is 0 Å². The Balaban J connectivity index is 0.000000146. The topological polar surface area (TPSA) is 188 Å². The summed E-state index contributed by atoms with van der Waals surface area (Å²) in [5.74, 6) is -2.22. The molecule has 62 heavy (non-hydrogen) atoms. The molecule has 4 heterocycles. The van der Waals surface area contributed by atoms with Gasteiger partial charge in [0.15, 0.2) is 0 Å². The van der Waals surface area contributed by atoms with Gasteiger partial charge in [0.2, 0.25) is 0 Å². The van der Waals surface area contributed by atoms with Crippen LogP contribution in [0.4, 0.5) is 0 Å². The fourth-order valence-electron chi connectivity index (χ4n) is 10.4. The molecule has 0 spiro atoms. The lowest BCUT2D eigenvalue weighted by Crippen LogP contribution is -2.50. The molecule has 7 aliphatic rings. The molecular weight excluding hydrogens is 791 g/mol. The monoisotopic (exact) mass is 839 g/mol. The minimum Gasteiger partial charge on any atom is -0.386 e. The van der Waals surface area contributed by atoms with Gasteiger partial charge < -0.3 is 15.2 Å². The SMILES string of the molecule is CC1CCC(N)CC1.CC1CCC(N2C(=O)c3ccc4c5c(ccc(c35)C2=O)C(=O)N(C2CCC(C)CC2)C4=O)CC1.O=C1OC(=O)c2ccc3c4c(ccc1c24)C(=O)OC3=O. The van der Waals surface area contributed by atoms with Crippen molar-refractivity contribution in [2.45, 2.75) is 116 Å². The number of nitrogens with two attached hydrogens (primary N) is 1. The van der Waals surface area contributed by atoms with Gasteiger partial charge in [0.1, 0.15) is 0 Å². The van der Waals surface area contributed by atoms with Crippen molar-refractivity contribution in [3.63, 3.8) is 0 Å². The first-order chi connectivity index (χ1) is 29.7. The minimum atomic E-state index is -0.794. The molecule has 4 amide bonds. The van der Waals surface area contributed by atoms with Crippen molar-refractivity contribution in [1.29, 1.82) is 0 Å². The molecule has 0 atom stereocenters. The lowest BCUT2D eigenvalue weighted by molar-refractivity contribution is 0.0366. The van der Waals surface area contributed by atoms with Gasteiger partial charge in [0.05, 0.1) is 22.3 Å². The second-order valence-electron chi connectivity index (χ2n) is 18.3. The van der Waals surface area contributed by atoms with E-state index in [2.05, 4.69) is 30.2 Å². The van der Waals surface area contributed by atoms with E-state index in [-0.39, 0.29) is 68.7 Å². The van der Waals surface area contributed by atoms with Crippen molar-refractivity contribution in [1.82, 2.24) is 9.80 Å². The average Bonchev–Trinajstić information content (AvgIpc) is 3.26. The number of rotatable bonds is 2. The smallest absolute Gasteiger partial charge is 0.346 e. The fraction of sp³-hybridized carbons (Fsp3) is 0.429. The first-order valence-corrected chi connectivity index (χ1v) is 22.0. The second-order valence-corrected chi connectivity index (χ2v) is 18.3. The lowest BCUT2D eigenvalue weighted by Gasteiger charge is -2.39. The molecule has 11 rings (SSSR count). The largest absolute Gasteiger partial charge is 0.386 e. The third kappa shape index (κ3) is 6.90. The summed E-state index contributed by atoms with van der Waals surface area (Å²) in [6.07, 6.45) is 12.5. The maximum atomic E-state index is 13.6. The summed E-state index contributed by atoms with van der Waals surface area (Å²) in [6.45, 7) is 6.73. The van der Waals surface area contributed by atoms with E-state index < -0.39 is 23.9 Å². The van der Waals surface area contributed by atoms with Crippen molar-refractivity contribution < 1.29 is 47.8 Å². The van der Waals surface area contributed by atoms with Crippen LogP contribution in [-0.4, -0.2) is 75.4 Å². The quantitative estimate of drug-likeness (QED) is 0.117.